The minimum Gasteiger partial charge on any atom is -0.497 e. The van der Waals surface area contributed by atoms with E-state index in [1.807, 2.05) is 31.2 Å². The summed E-state index contributed by atoms with van der Waals surface area (Å²) < 4.78 is 10.7. The first-order valence-corrected chi connectivity index (χ1v) is 6.24. The molecule has 19 heavy (non-hydrogen) atoms. The molecule has 100 valence electrons. The van der Waals surface area contributed by atoms with Crippen molar-refractivity contribution >= 4 is 6.29 Å². The van der Waals surface area contributed by atoms with Crippen molar-refractivity contribution in [2.24, 2.45) is 0 Å². The van der Waals surface area contributed by atoms with Crippen molar-refractivity contribution < 1.29 is 13.9 Å². The maximum atomic E-state index is 10.5. The molecule has 0 aliphatic rings. The number of carbonyl (C=O) groups is 1. The quantitative estimate of drug-likeness (QED) is 0.748. The molecule has 0 saturated carbocycles. The monoisotopic (exact) mass is 259 g/mol. The third-order valence-electron chi connectivity index (χ3n) is 2.98. The van der Waals surface area contributed by atoms with Gasteiger partial charge in [-0.05, 0) is 31.0 Å². The summed E-state index contributed by atoms with van der Waals surface area (Å²) in [5, 5.41) is 0. The standard InChI is InChI=1S/C15H17NO3/c1-11-14(8-9-17)16-15(19-11)7-6-12-4-3-5-13(10-12)18-2/h3-5,9-10H,6-8H2,1-2H3. The smallest absolute Gasteiger partial charge is 0.194 e. The lowest BCUT2D eigenvalue weighted by Gasteiger charge is -2.02. The van der Waals surface area contributed by atoms with E-state index in [0.29, 0.717) is 18.7 Å². The van der Waals surface area contributed by atoms with Gasteiger partial charge < -0.3 is 13.9 Å². The average molecular weight is 259 g/mol. The SMILES string of the molecule is COc1cccc(CCc2nc(CC=O)c(C)o2)c1. The molecule has 1 aromatic carbocycles. The van der Waals surface area contributed by atoms with Crippen molar-refractivity contribution in [2.75, 3.05) is 7.11 Å². The summed E-state index contributed by atoms with van der Waals surface area (Å²) in [5.74, 6) is 2.26. The largest absolute Gasteiger partial charge is 0.497 e. The zero-order valence-corrected chi connectivity index (χ0v) is 11.2. The molecule has 0 fully saturated rings. The predicted molar refractivity (Wildman–Crippen MR) is 71.4 cm³/mol. The highest BCUT2D eigenvalue weighted by Gasteiger charge is 2.09. The topological polar surface area (TPSA) is 52.3 Å². The highest BCUT2D eigenvalue weighted by atomic mass is 16.5. The van der Waals surface area contributed by atoms with Gasteiger partial charge >= 0.3 is 0 Å². The number of hydrogen-bond donors (Lipinski definition) is 0. The lowest BCUT2D eigenvalue weighted by molar-refractivity contribution is -0.107. The molecule has 0 bridgehead atoms. The van der Waals surface area contributed by atoms with Crippen molar-refractivity contribution in [3.63, 3.8) is 0 Å². The number of aryl methyl sites for hydroxylation is 3. The molecule has 0 aliphatic heterocycles. The molecule has 1 heterocycles. The Hall–Kier alpha value is -2.10. The Bertz CT molecular complexity index is 560. The molecule has 0 atom stereocenters. The molecule has 0 spiro atoms. The third kappa shape index (κ3) is 3.44. The second kappa shape index (κ2) is 6.18. The van der Waals surface area contributed by atoms with E-state index in [4.69, 9.17) is 9.15 Å². The molecule has 0 aliphatic carbocycles. The zero-order chi connectivity index (χ0) is 13.7. The summed E-state index contributed by atoms with van der Waals surface area (Å²) in [5.41, 5.74) is 1.91. The Balaban J connectivity index is 2.01. The lowest BCUT2D eigenvalue weighted by Crippen LogP contribution is -1.94. The van der Waals surface area contributed by atoms with E-state index < -0.39 is 0 Å². The number of aromatic nitrogens is 1. The Kier molecular flexibility index (Phi) is 4.34. The third-order valence-corrected chi connectivity index (χ3v) is 2.98. The minimum absolute atomic E-state index is 0.314. The molecule has 0 amide bonds. The number of aldehydes is 1. The number of carbonyl (C=O) groups excluding carboxylic acids is 1. The minimum atomic E-state index is 0.314. The molecule has 2 aromatic rings. The second-order valence-electron chi connectivity index (χ2n) is 4.33. The highest BCUT2D eigenvalue weighted by molar-refractivity contribution is 5.54. The summed E-state index contributed by atoms with van der Waals surface area (Å²) in [7, 11) is 1.66. The van der Waals surface area contributed by atoms with E-state index in [9.17, 15) is 4.79 Å². The average Bonchev–Trinajstić information content (AvgIpc) is 2.78. The Morgan fingerprint density at radius 2 is 2.21 bits per heavy atom. The van der Waals surface area contributed by atoms with Crippen LogP contribution in [0.3, 0.4) is 0 Å². The Morgan fingerprint density at radius 3 is 2.95 bits per heavy atom. The van der Waals surface area contributed by atoms with Crippen LogP contribution in [0, 0.1) is 6.92 Å². The van der Waals surface area contributed by atoms with Crippen molar-refractivity contribution in [2.45, 2.75) is 26.2 Å². The van der Waals surface area contributed by atoms with Crippen LogP contribution < -0.4 is 4.74 Å². The maximum Gasteiger partial charge on any atom is 0.194 e. The molecule has 0 unspecified atom stereocenters. The van der Waals surface area contributed by atoms with Crippen molar-refractivity contribution in [1.82, 2.24) is 4.98 Å². The Labute approximate surface area is 112 Å². The molecule has 1 aromatic heterocycles. The van der Waals surface area contributed by atoms with Crippen LogP contribution in [0.2, 0.25) is 0 Å². The van der Waals surface area contributed by atoms with Crippen LogP contribution in [0.15, 0.2) is 28.7 Å². The first-order valence-electron chi connectivity index (χ1n) is 6.24. The number of benzene rings is 1. The molecule has 4 heteroatoms. The van der Waals surface area contributed by atoms with Crippen molar-refractivity contribution in [3.05, 3.63) is 47.2 Å². The van der Waals surface area contributed by atoms with Crippen LogP contribution in [-0.4, -0.2) is 18.4 Å². The van der Waals surface area contributed by atoms with Gasteiger partial charge in [0.05, 0.1) is 12.8 Å². The number of oxazole rings is 1. The first-order chi connectivity index (χ1) is 9.22. The van der Waals surface area contributed by atoms with Gasteiger partial charge in [0, 0.05) is 12.8 Å². The normalized spacial score (nSPS) is 10.4. The molecule has 2 rings (SSSR count). The molecular formula is C15H17NO3. The summed E-state index contributed by atoms with van der Waals surface area (Å²) >= 11 is 0. The van der Waals surface area contributed by atoms with Gasteiger partial charge in [-0.25, -0.2) is 4.98 Å². The van der Waals surface area contributed by atoms with Crippen molar-refractivity contribution in [1.29, 1.82) is 0 Å². The van der Waals surface area contributed by atoms with Crippen LogP contribution in [0.5, 0.6) is 5.75 Å². The molecule has 4 nitrogen and oxygen atoms in total. The van der Waals surface area contributed by atoms with Crippen LogP contribution in [0.1, 0.15) is 22.9 Å². The van der Waals surface area contributed by atoms with Gasteiger partial charge in [-0.2, -0.15) is 0 Å². The summed E-state index contributed by atoms with van der Waals surface area (Å²) in [6.07, 6.45) is 2.70. The van der Waals surface area contributed by atoms with Gasteiger partial charge in [0.15, 0.2) is 5.89 Å². The van der Waals surface area contributed by atoms with E-state index >= 15 is 0 Å². The summed E-state index contributed by atoms with van der Waals surface area (Å²) in [4.78, 5) is 14.8. The fourth-order valence-corrected chi connectivity index (χ4v) is 1.94. The van der Waals surface area contributed by atoms with E-state index in [2.05, 4.69) is 4.98 Å². The van der Waals surface area contributed by atoms with Gasteiger partial charge in [-0.3, -0.25) is 0 Å². The fourth-order valence-electron chi connectivity index (χ4n) is 1.94. The number of methoxy groups -OCH3 is 1. The van der Waals surface area contributed by atoms with Crippen LogP contribution >= 0.6 is 0 Å². The van der Waals surface area contributed by atoms with Crippen LogP contribution in [-0.2, 0) is 24.1 Å². The van der Waals surface area contributed by atoms with E-state index in [0.717, 1.165) is 29.9 Å². The highest BCUT2D eigenvalue weighted by Crippen LogP contribution is 2.16. The number of rotatable bonds is 6. The summed E-state index contributed by atoms with van der Waals surface area (Å²) in [6, 6.07) is 7.93. The Morgan fingerprint density at radius 1 is 1.37 bits per heavy atom. The van der Waals surface area contributed by atoms with E-state index in [1.54, 1.807) is 7.11 Å². The molecular weight excluding hydrogens is 242 g/mol. The van der Waals surface area contributed by atoms with Crippen LogP contribution in [0.4, 0.5) is 0 Å². The maximum absolute atomic E-state index is 10.5. The number of hydrogen-bond acceptors (Lipinski definition) is 4. The van der Waals surface area contributed by atoms with Gasteiger partial charge in [0.2, 0.25) is 0 Å². The zero-order valence-electron chi connectivity index (χ0n) is 11.2. The molecule has 0 N–H and O–H groups in total. The fraction of sp³-hybridized carbons (Fsp3) is 0.333. The molecule has 0 radical (unpaired) electrons. The second-order valence-corrected chi connectivity index (χ2v) is 4.33. The van der Waals surface area contributed by atoms with Crippen molar-refractivity contribution in [3.8, 4) is 5.75 Å². The van der Waals surface area contributed by atoms with Gasteiger partial charge in [0.25, 0.3) is 0 Å². The van der Waals surface area contributed by atoms with E-state index in [-0.39, 0.29) is 0 Å². The van der Waals surface area contributed by atoms with Gasteiger partial charge in [-0.1, -0.05) is 12.1 Å². The first kappa shape index (κ1) is 13.3. The lowest BCUT2D eigenvalue weighted by atomic mass is 10.1. The van der Waals surface area contributed by atoms with Gasteiger partial charge in [0.1, 0.15) is 17.8 Å². The van der Waals surface area contributed by atoms with Crippen LogP contribution in [0.25, 0.3) is 0 Å². The summed E-state index contributed by atoms with van der Waals surface area (Å²) in [6.45, 7) is 1.83. The predicted octanol–water partition coefficient (Wildman–Crippen LogP) is 2.52. The number of ether oxygens (including phenoxy) is 1. The molecule has 0 saturated heterocycles. The van der Waals surface area contributed by atoms with Gasteiger partial charge in [-0.15, -0.1) is 0 Å². The van der Waals surface area contributed by atoms with E-state index in [1.165, 1.54) is 5.56 Å². The number of nitrogens with zero attached hydrogens (tertiary/aromatic N) is 1.